The van der Waals surface area contributed by atoms with Crippen LogP contribution >= 0.6 is 11.6 Å². The minimum Gasteiger partial charge on any atom is -0.480 e. The van der Waals surface area contributed by atoms with Crippen LogP contribution in [-0.4, -0.2) is 36.1 Å². The van der Waals surface area contributed by atoms with E-state index in [0.717, 1.165) is 19.4 Å². The number of carbonyl (C=O) groups is 2. The second kappa shape index (κ2) is 6.72. The Morgan fingerprint density at radius 1 is 1.45 bits per heavy atom. The molecule has 0 spiro atoms. The number of rotatable bonds is 5. The van der Waals surface area contributed by atoms with Crippen molar-refractivity contribution in [2.75, 3.05) is 18.0 Å². The molecule has 1 heterocycles. The van der Waals surface area contributed by atoms with Crippen molar-refractivity contribution in [2.45, 2.75) is 25.3 Å². The molecule has 0 radical (unpaired) electrons. The molecule has 0 aromatic heterocycles. The molecule has 1 aliphatic rings. The first kappa shape index (κ1) is 14.8. The largest absolute Gasteiger partial charge is 0.480 e. The molecule has 0 aliphatic carbocycles. The van der Waals surface area contributed by atoms with Crippen LogP contribution in [0.2, 0.25) is 5.02 Å². The van der Waals surface area contributed by atoms with Crippen LogP contribution in [0.15, 0.2) is 24.3 Å². The van der Waals surface area contributed by atoms with E-state index in [-0.39, 0.29) is 18.5 Å². The van der Waals surface area contributed by atoms with Crippen molar-refractivity contribution < 1.29 is 14.7 Å². The lowest BCUT2D eigenvalue weighted by atomic mass is 10.1. The Morgan fingerprint density at radius 2 is 2.25 bits per heavy atom. The molecule has 1 unspecified atom stereocenters. The lowest BCUT2D eigenvalue weighted by Crippen LogP contribution is -2.39. The van der Waals surface area contributed by atoms with Crippen LogP contribution in [0, 0.1) is 0 Å². The SMILES string of the molecule is O=C(O)CN(C(=O)CC1CCCN1)c1cccc(Cl)c1. The number of carboxylic acid groups (broad SMARTS) is 1. The van der Waals surface area contributed by atoms with Gasteiger partial charge in [-0.1, -0.05) is 17.7 Å². The topological polar surface area (TPSA) is 69.6 Å². The van der Waals surface area contributed by atoms with Crippen LogP contribution in [0.25, 0.3) is 0 Å². The van der Waals surface area contributed by atoms with Crippen molar-refractivity contribution >= 4 is 29.2 Å². The third kappa shape index (κ3) is 3.95. The molecule has 0 bridgehead atoms. The maximum atomic E-state index is 12.3. The highest BCUT2D eigenvalue weighted by Crippen LogP contribution is 2.21. The molecular weight excluding hydrogens is 280 g/mol. The number of aliphatic carboxylic acids is 1. The molecule has 5 nitrogen and oxygen atoms in total. The summed E-state index contributed by atoms with van der Waals surface area (Å²) in [5.74, 6) is -1.24. The summed E-state index contributed by atoms with van der Waals surface area (Å²) in [6.07, 6.45) is 2.30. The summed E-state index contributed by atoms with van der Waals surface area (Å²) in [5, 5.41) is 12.7. The molecule has 1 aromatic carbocycles. The summed E-state index contributed by atoms with van der Waals surface area (Å²) < 4.78 is 0. The first-order valence-electron chi connectivity index (χ1n) is 6.57. The van der Waals surface area contributed by atoms with Gasteiger partial charge in [-0.25, -0.2) is 0 Å². The Labute approximate surface area is 122 Å². The molecule has 108 valence electrons. The Balaban J connectivity index is 2.13. The number of hydrogen-bond donors (Lipinski definition) is 2. The van der Waals surface area contributed by atoms with Crippen molar-refractivity contribution in [2.24, 2.45) is 0 Å². The quantitative estimate of drug-likeness (QED) is 0.871. The van der Waals surface area contributed by atoms with E-state index in [0.29, 0.717) is 17.1 Å². The van der Waals surface area contributed by atoms with Gasteiger partial charge in [0.1, 0.15) is 6.54 Å². The van der Waals surface area contributed by atoms with E-state index >= 15 is 0 Å². The molecule has 1 atom stereocenters. The predicted octanol–water partition coefficient (Wildman–Crippen LogP) is 1.90. The van der Waals surface area contributed by atoms with Crippen molar-refractivity contribution in [1.82, 2.24) is 5.32 Å². The van der Waals surface area contributed by atoms with Gasteiger partial charge in [-0.15, -0.1) is 0 Å². The van der Waals surface area contributed by atoms with E-state index in [9.17, 15) is 9.59 Å². The Bertz CT molecular complexity index is 501. The number of carboxylic acids is 1. The van der Waals surface area contributed by atoms with Crippen molar-refractivity contribution in [3.8, 4) is 0 Å². The highest BCUT2D eigenvalue weighted by Gasteiger charge is 2.24. The molecule has 1 saturated heterocycles. The molecule has 2 N–H and O–H groups in total. The molecule has 1 amide bonds. The second-order valence-corrected chi connectivity index (χ2v) is 5.29. The van der Waals surface area contributed by atoms with Gasteiger partial charge >= 0.3 is 5.97 Å². The number of hydrogen-bond acceptors (Lipinski definition) is 3. The van der Waals surface area contributed by atoms with E-state index in [1.165, 1.54) is 4.90 Å². The van der Waals surface area contributed by atoms with Crippen LogP contribution in [0.1, 0.15) is 19.3 Å². The third-order valence-corrected chi connectivity index (χ3v) is 3.53. The van der Waals surface area contributed by atoms with Gasteiger partial charge in [0.25, 0.3) is 0 Å². The fraction of sp³-hybridized carbons (Fsp3) is 0.429. The van der Waals surface area contributed by atoms with E-state index < -0.39 is 5.97 Å². The zero-order valence-electron chi connectivity index (χ0n) is 11.0. The van der Waals surface area contributed by atoms with Crippen LogP contribution in [0.3, 0.4) is 0 Å². The maximum absolute atomic E-state index is 12.3. The van der Waals surface area contributed by atoms with Crippen LogP contribution < -0.4 is 10.2 Å². The molecule has 2 rings (SSSR count). The van der Waals surface area contributed by atoms with Crippen molar-refractivity contribution in [1.29, 1.82) is 0 Å². The number of amides is 1. The van der Waals surface area contributed by atoms with E-state index in [2.05, 4.69) is 5.32 Å². The van der Waals surface area contributed by atoms with Gasteiger partial charge in [0.15, 0.2) is 0 Å². The second-order valence-electron chi connectivity index (χ2n) is 4.85. The van der Waals surface area contributed by atoms with E-state index in [1.807, 2.05) is 0 Å². The van der Waals surface area contributed by atoms with E-state index in [4.69, 9.17) is 16.7 Å². The Hall–Kier alpha value is -1.59. The van der Waals surface area contributed by atoms with Gasteiger partial charge in [-0.3, -0.25) is 9.59 Å². The summed E-state index contributed by atoms with van der Waals surface area (Å²) >= 11 is 5.90. The Kier molecular flexibility index (Phi) is 4.98. The number of nitrogens with one attached hydrogen (secondary N) is 1. The minimum atomic E-state index is -1.04. The lowest BCUT2D eigenvalue weighted by Gasteiger charge is -2.22. The summed E-state index contributed by atoms with van der Waals surface area (Å²) in [5.41, 5.74) is 0.517. The summed E-state index contributed by atoms with van der Waals surface area (Å²) in [6, 6.07) is 6.82. The smallest absolute Gasteiger partial charge is 0.323 e. The summed E-state index contributed by atoms with van der Waals surface area (Å²) in [4.78, 5) is 24.6. The van der Waals surface area contributed by atoms with Gasteiger partial charge in [-0.05, 0) is 37.6 Å². The minimum absolute atomic E-state index is 0.137. The average Bonchev–Trinajstić information content (AvgIpc) is 2.88. The molecule has 20 heavy (non-hydrogen) atoms. The lowest BCUT2D eigenvalue weighted by molar-refractivity contribution is -0.136. The fourth-order valence-electron chi connectivity index (χ4n) is 2.35. The van der Waals surface area contributed by atoms with Gasteiger partial charge in [0, 0.05) is 23.2 Å². The third-order valence-electron chi connectivity index (χ3n) is 3.30. The monoisotopic (exact) mass is 296 g/mol. The highest BCUT2D eigenvalue weighted by molar-refractivity contribution is 6.30. The zero-order chi connectivity index (χ0) is 14.5. The molecule has 1 aliphatic heterocycles. The van der Waals surface area contributed by atoms with Crippen LogP contribution in [0.4, 0.5) is 5.69 Å². The van der Waals surface area contributed by atoms with Crippen molar-refractivity contribution in [3.63, 3.8) is 0 Å². The summed E-state index contributed by atoms with van der Waals surface area (Å²) in [6.45, 7) is 0.555. The number of nitrogens with zero attached hydrogens (tertiary/aromatic N) is 1. The zero-order valence-corrected chi connectivity index (χ0v) is 11.8. The van der Waals surface area contributed by atoms with Gasteiger partial charge in [0.2, 0.25) is 5.91 Å². The predicted molar refractivity (Wildman–Crippen MR) is 77.1 cm³/mol. The van der Waals surface area contributed by atoms with Crippen molar-refractivity contribution in [3.05, 3.63) is 29.3 Å². The first-order chi connectivity index (χ1) is 9.56. The van der Waals surface area contributed by atoms with E-state index in [1.54, 1.807) is 24.3 Å². The molecule has 6 heteroatoms. The number of anilines is 1. The standard InChI is InChI=1S/C14H17ClN2O3/c15-10-3-1-5-12(7-10)17(9-14(19)20)13(18)8-11-4-2-6-16-11/h1,3,5,7,11,16H,2,4,6,8-9H2,(H,19,20). The van der Waals surface area contributed by atoms with Crippen LogP contribution in [-0.2, 0) is 9.59 Å². The number of benzene rings is 1. The number of carbonyl (C=O) groups excluding carboxylic acids is 1. The molecule has 0 saturated carbocycles. The highest BCUT2D eigenvalue weighted by atomic mass is 35.5. The normalized spacial score (nSPS) is 17.9. The first-order valence-corrected chi connectivity index (χ1v) is 6.95. The fourth-order valence-corrected chi connectivity index (χ4v) is 2.54. The molecule has 1 fully saturated rings. The van der Waals surface area contributed by atoms with Gasteiger partial charge in [0.05, 0.1) is 0 Å². The van der Waals surface area contributed by atoms with Crippen LogP contribution in [0.5, 0.6) is 0 Å². The maximum Gasteiger partial charge on any atom is 0.323 e. The average molecular weight is 297 g/mol. The number of halogens is 1. The molecular formula is C14H17ClN2O3. The Morgan fingerprint density at radius 3 is 2.85 bits per heavy atom. The van der Waals surface area contributed by atoms with Gasteiger partial charge in [-0.2, -0.15) is 0 Å². The van der Waals surface area contributed by atoms with Gasteiger partial charge < -0.3 is 15.3 Å². The summed E-state index contributed by atoms with van der Waals surface area (Å²) in [7, 11) is 0. The molecule has 1 aromatic rings.